The van der Waals surface area contributed by atoms with E-state index in [1.54, 1.807) is 7.11 Å². The highest BCUT2D eigenvalue weighted by atomic mass is 35.5. The zero-order valence-electron chi connectivity index (χ0n) is 27.8. The third-order valence-corrected chi connectivity index (χ3v) is 7.34. The number of methoxy groups -OCH3 is 1. The average molecular weight is 677 g/mol. The molecule has 0 aliphatic rings. The first-order valence-electron chi connectivity index (χ1n) is 16.4. The number of unbranched alkanes of at least 4 members (excludes halogenated alkanes) is 3. The summed E-state index contributed by atoms with van der Waals surface area (Å²) in [7, 11) is 1.60. The number of amides is 1. The van der Waals surface area contributed by atoms with Gasteiger partial charge in [0.25, 0.3) is 0 Å². The number of nitrogens with two attached hydrogens (primary N) is 1. The fourth-order valence-electron chi connectivity index (χ4n) is 4.67. The van der Waals surface area contributed by atoms with Gasteiger partial charge in [-0.3, -0.25) is 19.2 Å². The molecule has 0 fully saturated rings. The van der Waals surface area contributed by atoms with Crippen molar-refractivity contribution in [2.24, 2.45) is 5.73 Å². The van der Waals surface area contributed by atoms with E-state index in [1.165, 1.54) is 11.1 Å². The van der Waals surface area contributed by atoms with Crippen molar-refractivity contribution in [3.8, 4) is 0 Å². The molecule has 0 saturated carbocycles. The molecule has 2 rings (SSSR count). The van der Waals surface area contributed by atoms with Crippen LogP contribution in [0.3, 0.4) is 0 Å². The molecule has 47 heavy (non-hydrogen) atoms. The number of ether oxygens (including phenoxy) is 4. The zero-order valence-corrected chi connectivity index (χ0v) is 28.6. The second-order valence-electron chi connectivity index (χ2n) is 11.3. The molecule has 11 heteroatoms. The lowest BCUT2D eigenvalue weighted by atomic mass is 10.0. The number of ketones is 2. The lowest BCUT2D eigenvalue weighted by Gasteiger charge is -2.12. The fourth-order valence-corrected chi connectivity index (χ4v) is 4.67. The van der Waals surface area contributed by atoms with Gasteiger partial charge in [-0.05, 0) is 55.2 Å². The maximum Gasteiger partial charge on any atom is 0.308 e. The maximum absolute atomic E-state index is 12.3. The third-order valence-electron chi connectivity index (χ3n) is 7.34. The third kappa shape index (κ3) is 21.4. The Bertz CT molecular complexity index is 1150. The number of Topliss-reactive ketones (excluding diaryl/α,β-unsaturated/α-hetero) is 2. The van der Waals surface area contributed by atoms with E-state index in [4.69, 9.17) is 24.7 Å². The largest absolute Gasteiger partial charge is 0.458 e. The minimum atomic E-state index is -0.699. The molecule has 2 aromatic rings. The van der Waals surface area contributed by atoms with Crippen LogP contribution >= 0.6 is 12.4 Å². The summed E-state index contributed by atoms with van der Waals surface area (Å²) in [5.74, 6) is -1.06. The minimum Gasteiger partial charge on any atom is -0.458 e. The lowest BCUT2D eigenvalue weighted by Crippen LogP contribution is -2.41. The number of halogens is 1. The summed E-state index contributed by atoms with van der Waals surface area (Å²) in [6.07, 6.45) is 7.51. The normalized spacial score (nSPS) is 11.4. The number of nitrogens with one attached hydrogen (secondary N) is 1. The minimum absolute atomic E-state index is 0. The molecule has 0 aliphatic heterocycles. The molecule has 0 radical (unpaired) electrons. The Hall–Kier alpha value is -3.15. The highest BCUT2D eigenvalue weighted by Crippen LogP contribution is 2.12. The van der Waals surface area contributed by atoms with Crippen molar-refractivity contribution in [3.63, 3.8) is 0 Å². The molecule has 0 aromatic heterocycles. The van der Waals surface area contributed by atoms with Crippen LogP contribution in [-0.2, 0) is 57.4 Å². The predicted molar refractivity (Wildman–Crippen MR) is 184 cm³/mol. The number of benzene rings is 2. The number of carbonyl (C=O) groups excluding carboxylic acids is 4. The van der Waals surface area contributed by atoms with Gasteiger partial charge in [-0.2, -0.15) is 0 Å². The van der Waals surface area contributed by atoms with Gasteiger partial charge in [-0.1, -0.05) is 67.4 Å². The van der Waals surface area contributed by atoms with Gasteiger partial charge < -0.3 is 30.0 Å². The molecule has 0 aliphatic carbocycles. The number of hydrogen-bond donors (Lipinski definition) is 2. The number of rotatable bonds is 27. The molecule has 10 nitrogen and oxygen atoms in total. The first kappa shape index (κ1) is 41.9. The topological polar surface area (TPSA) is 143 Å². The lowest BCUT2D eigenvalue weighted by molar-refractivity contribution is -0.147. The van der Waals surface area contributed by atoms with Crippen LogP contribution in [-0.4, -0.2) is 82.8 Å². The van der Waals surface area contributed by atoms with Crippen LogP contribution in [0.1, 0.15) is 68.1 Å². The molecule has 0 heterocycles. The van der Waals surface area contributed by atoms with E-state index in [1.807, 2.05) is 30.3 Å². The number of hydrogen-bond acceptors (Lipinski definition) is 9. The Morgan fingerprint density at radius 3 is 2.04 bits per heavy atom. The fraction of sp³-hybridized carbons (Fsp3) is 0.556. The van der Waals surface area contributed by atoms with E-state index >= 15 is 0 Å². The van der Waals surface area contributed by atoms with Crippen molar-refractivity contribution < 1.29 is 38.1 Å². The second kappa shape index (κ2) is 26.9. The Kier molecular flexibility index (Phi) is 23.9. The van der Waals surface area contributed by atoms with E-state index < -0.39 is 12.0 Å². The smallest absolute Gasteiger partial charge is 0.308 e. The highest BCUT2D eigenvalue weighted by Gasteiger charge is 2.14. The van der Waals surface area contributed by atoms with Gasteiger partial charge >= 0.3 is 5.97 Å². The number of carbonyl (C=O) groups is 4. The van der Waals surface area contributed by atoms with Crippen LogP contribution in [0.15, 0.2) is 54.6 Å². The standard InChI is InChI=1S/C36H52N2O8.ClH/c1-43-22-23-44-24-25-45-27-32(39)14-6-3-7-15-34(37)36(42)38-21-20-35(41)46-28-33(40)26-31-18-16-30(17-19-31)13-9-8-12-29-10-4-2-5-11-29;/h2,4-5,10-11,16-19,34H,3,6-9,12-15,20-28,37H2,1H3,(H,38,42);1H/t34-;/m0./s1. The quantitative estimate of drug-likeness (QED) is 0.104. The molecule has 1 amide bonds. The molecule has 0 unspecified atom stereocenters. The monoisotopic (exact) mass is 676 g/mol. The Labute approximate surface area is 285 Å². The molecule has 2 aromatic carbocycles. The zero-order chi connectivity index (χ0) is 33.2. The summed E-state index contributed by atoms with van der Waals surface area (Å²) in [6, 6.07) is 17.8. The molecule has 0 spiro atoms. The molecule has 3 N–H and O–H groups in total. The van der Waals surface area contributed by atoms with Gasteiger partial charge in [0, 0.05) is 26.5 Å². The number of aryl methyl sites for hydroxylation is 2. The first-order valence-corrected chi connectivity index (χ1v) is 16.4. The van der Waals surface area contributed by atoms with Gasteiger partial charge in [0.05, 0.1) is 38.9 Å². The van der Waals surface area contributed by atoms with Crippen LogP contribution in [0.5, 0.6) is 0 Å². The van der Waals surface area contributed by atoms with Crippen LogP contribution in [0, 0.1) is 0 Å². The summed E-state index contributed by atoms with van der Waals surface area (Å²) in [5.41, 5.74) is 9.43. The van der Waals surface area contributed by atoms with Crippen molar-refractivity contribution in [1.82, 2.24) is 5.32 Å². The Balaban J connectivity index is 0.0000110. The number of esters is 1. The van der Waals surface area contributed by atoms with Gasteiger partial charge in [0.1, 0.15) is 13.2 Å². The van der Waals surface area contributed by atoms with Gasteiger partial charge in [-0.25, -0.2) is 0 Å². The molecule has 0 saturated heterocycles. The van der Waals surface area contributed by atoms with Crippen molar-refractivity contribution in [1.29, 1.82) is 0 Å². The Morgan fingerprint density at radius 2 is 1.34 bits per heavy atom. The van der Waals surface area contributed by atoms with Crippen molar-refractivity contribution in [2.45, 2.75) is 76.7 Å². The van der Waals surface area contributed by atoms with E-state index in [-0.39, 0.29) is 62.5 Å². The predicted octanol–water partition coefficient (Wildman–Crippen LogP) is 4.36. The van der Waals surface area contributed by atoms with E-state index in [9.17, 15) is 19.2 Å². The van der Waals surface area contributed by atoms with E-state index in [0.717, 1.165) is 37.7 Å². The van der Waals surface area contributed by atoms with Crippen molar-refractivity contribution >= 4 is 35.9 Å². The summed E-state index contributed by atoms with van der Waals surface area (Å²) in [4.78, 5) is 48.4. The SMILES string of the molecule is COCCOCCOCC(=O)CCCCC[C@H](N)C(=O)NCCC(=O)OCC(=O)Cc1ccc(CCCCc2ccccc2)cc1.Cl. The van der Waals surface area contributed by atoms with Crippen molar-refractivity contribution in [3.05, 3.63) is 71.3 Å². The summed E-state index contributed by atoms with van der Waals surface area (Å²) in [6.45, 7) is 1.65. The van der Waals surface area contributed by atoms with Gasteiger partial charge in [0.2, 0.25) is 5.91 Å². The van der Waals surface area contributed by atoms with Crippen LogP contribution in [0.4, 0.5) is 0 Å². The summed E-state index contributed by atoms with van der Waals surface area (Å²) < 4.78 is 20.5. The summed E-state index contributed by atoms with van der Waals surface area (Å²) >= 11 is 0. The molecule has 262 valence electrons. The van der Waals surface area contributed by atoms with Gasteiger partial charge in [0.15, 0.2) is 11.6 Å². The second-order valence-corrected chi connectivity index (χ2v) is 11.3. The molecule has 0 bridgehead atoms. The van der Waals surface area contributed by atoms with Crippen molar-refractivity contribution in [2.75, 3.05) is 53.3 Å². The van der Waals surface area contributed by atoms with Gasteiger partial charge in [-0.15, -0.1) is 12.4 Å². The molecule has 1 atom stereocenters. The molecular formula is C36H53ClN2O8. The molecular weight excluding hydrogens is 624 g/mol. The average Bonchev–Trinajstić information content (AvgIpc) is 3.06. The van der Waals surface area contributed by atoms with Crippen LogP contribution < -0.4 is 11.1 Å². The Morgan fingerprint density at radius 1 is 0.702 bits per heavy atom. The van der Waals surface area contributed by atoms with Crippen LogP contribution in [0.25, 0.3) is 0 Å². The van der Waals surface area contributed by atoms with E-state index in [0.29, 0.717) is 52.1 Å². The van der Waals surface area contributed by atoms with Crippen LogP contribution in [0.2, 0.25) is 0 Å². The highest BCUT2D eigenvalue weighted by molar-refractivity contribution is 5.85. The van der Waals surface area contributed by atoms with E-state index in [2.05, 4.69) is 29.6 Å². The first-order chi connectivity index (χ1) is 22.4. The summed E-state index contributed by atoms with van der Waals surface area (Å²) in [5, 5.41) is 2.64. The maximum atomic E-state index is 12.3.